The molecule has 0 fully saturated rings. The number of anilines is 2. The second-order valence-electron chi connectivity index (χ2n) is 6.93. The van der Waals surface area contributed by atoms with Crippen LogP contribution in [0.2, 0.25) is 5.02 Å². The van der Waals surface area contributed by atoms with Crippen LogP contribution in [0.25, 0.3) is 0 Å². The molecule has 160 valence electrons. The molecule has 1 atom stereocenters. The van der Waals surface area contributed by atoms with E-state index in [1.807, 2.05) is 67.6 Å². The fraction of sp³-hybridized carbons (Fsp3) is 0.167. The van der Waals surface area contributed by atoms with Crippen LogP contribution in [0.3, 0.4) is 0 Å². The first kappa shape index (κ1) is 22.2. The van der Waals surface area contributed by atoms with Crippen LogP contribution in [0.4, 0.5) is 16.2 Å². The number of ether oxygens (including phenoxy) is 1. The summed E-state index contributed by atoms with van der Waals surface area (Å²) in [4.78, 5) is 23.9. The summed E-state index contributed by atoms with van der Waals surface area (Å²) in [5, 5.41) is 8.97. The highest BCUT2D eigenvalue weighted by Crippen LogP contribution is 2.28. The van der Waals surface area contributed by atoms with Gasteiger partial charge >= 0.3 is 6.09 Å². The van der Waals surface area contributed by atoms with Gasteiger partial charge in [0.25, 0.3) is 0 Å². The third-order valence-corrected chi connectivity index (χ3v) is 4.84. The van der Waals surface area contributed by atoms with E-state index in [0.717, 1.165) is 16.8 Å². The normalized spacial score (nSPS) is 11.3. The first-order valence-corrected chi connectivity index (χ1v) is 10.2. The van der Waals surface area contributed by atoms with E-state index in [0.29, 0.717) is 10.7 Å². The number of nitrogens with one attached hydrogen (secondary N) is 3. The van der Waals surface area contributed by atoms with E-state index in [2.05, 4.69) is 16.0 Å². The predicted molar refractivity (Wildman–Crippen MR) is 123 cm³/mol. The second-order valence-corrected chi connectivity index (χ2v) is 7.34. The Bertz CT molecular complexity index is 1010. The van der Waals surface area contributed by atoms with E-state index in [9.17, 15) is 9.59 Å². The highest BCUT2D eigenvalue weighted by Gasteiger charge is 2.10. The van der Waals surface area contributed by atoms with Crippen molar-refractivity contribution in [2.75, 3.05) is 17.2 Å². The van der Waals surface area contributed by atoms with Gasteiger partial charge in [-0.25, -0.2) is 4.79 Å². The molecule has 0 heterocycles. The zero-order valence-corrected chi connectivity index (χ0v) is 17.9. The minimum absolute atomic E-state index is 0.0743. The van der Waals surface area contributed by atoms with Crippen molar-refractivity contribution in [3.05, 3.63) is 95.0 Å². The van der Waals surface area contributed by atoms with Crippen molar-refractivity contribution in [1.29, 1.82) is 0 Å². The molecule has 7 heteroatoms. The Morgan fingerprint density at radius 2 is 1.65 bits per heavy atom. The lowest BCUT2D eigenvalue weighted by atomic mass is 10.1. The van der Waals surface area contributed by atoms with E-state index in [4.69, 9.17) is 16.3 Å². The Morgan fingerprint density at radius 3 is 2.32 bits per heavy atom. The van der Waals surface area contributed by atoms with E-state index >= 15 is 0 Å². The summed E-state index contributed by atoms with van der Waals surface area (Å²) in [5.74, 6) is -0.383. The van der Waals surface area contributed by atoms with E-state index in [1.165, 1.54) is 0 Å². The third-order valence-electron chi connectivity index (χ3n) is 4.53. The number of rotatable bonds is 8. The van der Waals surface area contributed by atoms with Crippen LogP contribution in [0.5, 0.6) is 0 Å². The van der Waals surface area contributed by atoms with Gasteiger partial charge in [-0.15, -0.1) is 0 Å². The average Bonchev–Trinajstić information content (AvgIpc) is 2.79. The van der Waals surface area contributed by atoms with Gasteiger partial charge in [0, 0.05) is 11.7 Å². The Kier molecular flexibility index (Phi) is 7.90. The molecule has 0 aliphatic rings. The van der Waals surface area contributed by atoms with Crippen LogP contribution < -0.4 is 16.0 Å². The Balaban J connectivity index is 1.45. The maximum absolute atomic E-state index is 12.1. The zero-order valence-electron chi connectivity index (χ0n) is 17.1. The molecule has 0 aliphatic carbocycles. The van der Waals surface area contributed by atoms with Gasteiger partial charge in [-0.1, -0.05) is 72.3 Å². The summed E-state index contributed by atoms with van der Waals surface area (Å²) in [6, 6.07) is 24.6. The molecule has 0 aromatic heterocycles. The summed E-state index contributed by atoms with van der Waals surface area (Å²) >= 11 is 6.37. The molecule has 0 bridgehead atoms. The number of alkyl carbamates (subject to hydrolysis) is 1. The molecular formula is C24H24ClN3O3. The summed E-state index contributed by atoms with van der Waals surface area (Å²) in [6.45, 7) is 1.97. The van der Waals surface area contributed by atoms with Crippen molar-refractivity contribution in [3.63, 3.8) is 0 Å². The monoisotopic (exact) mass is 437 g/mol. The topological polar surface area (TPSA) is 79.5 Å². The Labute approximate surface area is 186 Å². The molecule has 2 amide bonds. The number of carbonyl (C=O) groups is 2. The zero-order chi connectivity index (χ0) is 22.1. The lowest BCUT2D eigenvalue weighted by Crippen LogP contribution is -2.33. The molecule has 3 N–H and O–H groups in total. The second kappa shape index (κ2) is 11.0. The minimum Gasteiger partial charge on any atom is -0.445 e. The number of halogens is 1. The van der Waals surface area contributed by atoms with E-state index in [-0.39, 0.29) is 25.1 Å². The van der Waals surface area contributed by atoms with Crippen molar-refractivity contribution < 1.29 is 14.3 Å². The highest BCUT2D eigenvalue weighted by atomic mass is 35.5. The minimum atomic E-state index is -0.661. The first-order chi connectivity index (χ1) is 15.0. The van der Waals surface area contributed by atoms with Gasteiger partial charge in [0.05, 0.1) is 10.7 Å². The van der Waals surface area contributed by atoms with Crippen LogP contribution in [0, 0.1) is 0 Å². The maximum Gasteiger partial charge on any atom is 0.407 e. The summed E-state index contributed by atoms with van der Waals surface area (Å²) in [5.41, 5.74) is 3.30. The third kappa shape index (κ3) is 7.04. The van der Waals surface area contributed by atoms with Crippen LogP contribution in [-0.2, 0) is 16.1 Å². The van der Waals surface area contributed by atoms with E-state index < -0.39 is 6.09 Å². The van der Waals surface area contributed by atoms with E-state index in [1.54, 1.807) is 18.2 Å². The first-order valence-electron chi connectivity index (χ1n) is 9.86. The molecule has 1 unspecified atom stereocenters. The van der Waals surface area contributed by atoms with Crippen LogP contribution in [0.1, 0.15) is 24.1 Å². The number of amides is 2. The smallest absolute Gasteiger partial charge is 0.407 e. The van der Waals surface area contributed by atoms with Crippen LogP contribution in [-0.4, -0.2) is 18.5 Å². The van der Waals surface area contributed by atoms with Gasteiger partial charge in [-0.3, -0.25) is 4.79 Å². The lowest BCUT2D eigenvalue weighted by molar-refractivity contribution is -0.115. The molecular weight excluding hydrogens is 414 g/mol. The highest BCUT2D eigenvalue weighted by molar-refractivity contribution is 6.33. The largest absolute Gasteiger partial charge is 0.445 e. The standard InChI is InChI=1S/C24H24ClN3O3/c1-17(19-10-6-3-7-11-19)27-22-13-12-20(14-21(22)25)28-23(29)15-26-24(30)31-16-18-8-4-2-5-9-18/h2-14,17,27H,15-16H2,1H3,(H,26,30)(H,28,29). The van der Waals surface area contributed by atoms with Crippen molar-refractivity contribution in [2.24, 2.45) is 0 Å². The van der Waals surface area contributed by atoms with Gasteiger partial charge in [0.1, 0.15) is 13.2 Å². The molecule has 3 rings (SSSR count). The maximum atomic E-state index is 12.1. The fourth-order valence-electron chi connectivity index (χ4n) is 2.90. The summed E-state index contributed by atoms with van der Waals surface area (Å²) < 4.78 is 5.08. The molecule has 3 aromatic rings. The summed E-state index contributed by atoms with van der Waals surface area (Å²) in [6.07, 6.45) is -0.661. The lowest BCUT2D eigenvalue weighted by Gasteiger charge is -2.17. The van der Waals surface area contributed by atoms with Crippen molar-refractivity contribution in [3.8, 4) is 0 Å². The molecule has 6 nitrogen and oxygen atoms in total. The summed E-state index contributed by atoms with van der Waals surface area (Å²) in [7, 11) is 0. The molecule has 0 spiro atoms. The fourth-order valence-corrected chi connectivity index (χ4v) is 3.14. The molecule has 0 aliphatic heterocycles. The van der Waals surface area contributed by atoms with Gasteiger partial charge < -0.3 is 20.7 Å². The molecule has 0 saturated heterocycles. The SMILES string of the molecule is CC(Nc1ccc(NC(=O)CNC(=O)OCc2ccccc2)cc1Cl)c1ccccc1. The molecule has 3 aromatic carbocycles. The quantitative estimate of drug-likeness (QED) is 0.442. The van der Waals surface area contributed by atoms with Gasteiger partial charge in [-0.2, -0.15) is 0 Å². The Hall–Kier alpha value is -3.51. The Morgan fingerprint density at radius 1 is 0.968 bits per heavy atom. The average molecular weight is 438 g/mol. The van der Waals surface area contributed by atoms with Crippen LogP contribution in [0.15, 0.2) is 78.9 Å². The number of hydrogen-bond donors (Lipinski definition) is 3. The molecule has 31 heavy (non-hydrogen) atoms. The number of carbonyl (C=O) groups excluding carboxylic acids is 2. The van der Waals surface area contributed by atoms with Gasteiger partial charge in [0.15, 0.2) is 0 Å². The molecule has 0 saturated carbocycles. The van der Waals surface area contributed by atoms with Crippen molar-refractivity contribution >= 4 is 35.0 Å². The number of benzene rings is 3. The van der Waals surface area contributed by atoms with Crippen molar-refractivity contribution in [1.82, 2.24) is 5.32 Å². The van der Waals surface area contributed by atoms with Gasteiger partial charge in [0.2, 0.25) is 5.91 Å². The molecule has 0 radical (unpaired) electrons. The number of hydrogen-bond acceptors (Lipinski definition) is 4. The van der Waals surface area contributed by atoms with Gasteiger partial charge in [-0.05, 0) is 36.2 Å². The predicted octanol–water partition coefficient (Wildman–Crippen LogP) is 5.38. The van der Waals surface area contributed by atoms with Crippen LogP contribution >= 0.6 is 11.6 Å². The van der Waals surface area contributed by atoms with Crippen molar-refractivity contribution in [2.45, 2.75) is 19.6 Å².